The number of nitrogens with one attached hydrogen (secondary N) is 1. The highest BCUT2D eigenvalue weighted by Gasteiger charge is 2.22. The van der Waals surface area contributed by atoms with Gasteiger partial charge in [0, 0.05) is 19.3 Å². The lowest BCUT2D eigenvalue weighted by Crippen LogP contribution is -2.43. The lowest BCUT2D eigenvalue weighted by molar-refractivity contribution is 0.432. The fourth-order valence-electron chi connectivity index (χ4n) is 1.96. The van der Waals surface area contributed by atoms with Gasteiger partial charge >= 0.3 is 0 Å². The van der Waals surface area contributed by atoms with Gasteiger partial charge in [0.25, 0.3) is 0 Å². The first-order chi connectivity index (χ1) is 8.50. The lowest BCUT2D eigenvalue weighted by atomic mass is 9.99. The quantitative estimate of drug-likeness (QED) is 0.837. The van der Waals surface area contributed by atoms with Gasteiger partial charge in [0.05, 0.1) is 6.07 Å². The van der Waals surface area contributed by atoms with E-state index < -0.39 is 5.54 Å². The SMILES string of the molecule is CCNC(C)(C#N)CCN(C)c1cccc(C)c1. The minimum atomic E-state index is -0.438. The summed E-state index contributed by atoms with van der Waals surface area (Å²) < 4.78 is 0. The summed E-state index contributed by atoms with van der Waals surface area (Å²) in [5.41, 5.74) is 2.02. The highest BCUT2D eigenvalue weighted by molar-refractivity contribution is 5.47. The number of nitrogens with zero attached hydrogens (tertiary/aromatic N) is 2. The molecule has 0 fully saturated rings. The van der Waals surface area contributed by atoms with Gasteiger partial charge in [0.2, 0.25) is 0 Å². The van der Waals surface area contributed by atoms with Gasteiger partial charge in [0.1, 0.15) is 5.54 Å². The summed E-state index contributed by atoms with van der Waals surface area (Å²) >= 11 is 0. The van der Waals surface area contributed by atoms with E-state index >= 15 is 0 Å². The Bertz CT molecular complexity index is 422. The average Bonchev–Trinajstić information content (AvgIpc) is 2.36. The molecule has 18 heavy (non-hydrogen) atoms. The van der Waals surface area contributed by atoms with Gasteiger partial charge in [-0.05, 0) is 44.5 Å². The van der Waals surface area contributed by atoms with Gasteiger partial charge < -0.3 is 4.90 Å². The molecule has 0 aliphatic rings. The second kappa shape index (κ2) is 6.42. The van der Waals surface area contributed by atoms with Gasteiger partial charge in [-0.15, -0.1) is 0 Å². The third-order valence-corrected chi connectivity index (χ3v) is 3.20. The molecule has 1 atom stereocenters. The van der Waals surface area contributed by atoms with E-state index in [1.807, 2.05) is 13.8 Å². The van der Waals surface area contributed by atoms with Crippen LogP contribution in [-0.4, -0.2) is 25.7 Å². The van der Waals surface area contributed by atoms with Crippen LogP contribution < -0.4 is 10.2 Å². The van der Waals surface area contributed by atoms with Crippen LogP contribution in [0.25, 0.3) is 0 Å². The van der Waals surface area contributed by atoms with Gasteiger partial charge in [-0.25, -0.2) is 0 Å². The number of hydrogen-bond acceptors (Lipinski definition) is 3. The Morgan fingerprint density at radius 3 is 2.72 bits per heavy atom. The summed E-state index contributed by atoms with van der Waals surface area (Å²) in [6.45, 7) is 7.76. The van der Waals surface area contributed by atoms with E-state index in [-0.39, 0.29) is 0 Å². The monoisotopic (exact) mass is 245 g/mol. The van der Waals surface area contributed by atoms with E-state index in [2.05, 4.69) is 54.5 Å². The number of anilines is 1. The van der Waals surface area contributed by atoms with Crippen molar-refractivity contribution in [1.29, 1.82) is 5.26 Å². The lowest BCUT2D eigenvalue weighted by Gasteiger charge is -2.27. The number of hydrogen-bond donors (Lipinski definition) is 1. The summed E-state index contributed by atoms with van der Waals surface area (Å²) in [5.74, 6) is 0. The van der Waals surface area contributed by atoms with Crippen molar-refractivity contribution in [3.63, 3.8) is 0 Å². The van der Waals surface area contributed by atoms with E-state index in [1.165, 1.54) is 11.3 Å². The minimum Gasteiger partial charge on any atom is -0.374 e. The van der Waals surface area contributed by atoms with Crippen LogP contribution in [0, 0.1) is 18.3 Å². The number of nitriles is 1. The molecule has 0 saturated heterocycles. The van der Waals surface area contributed by atoms with Crippen LogP contribution in [0.5, 0.6) is 0 Å². The maximum atomic E-state index is 9.21. The van der Waals surface area contributed by atoms with E-state index in [9.17, 15) is 5.26 Å². The number of benzene rings is 1. The Hall–Kier alpha value is -1.53. The molecule has 0 bridgehead atoms. The van der Waals surface area contributed by atoms with Crippen LogP contribution in [-0.2, 0) is 0 Å². The highest BCUT2D eigenvalue weighted by Crippen LogP contribution is 2.16. The van der Waals surface area contributed by atoms with Crippen LogP contribution in [0.4, 0.5) is 5.69 Å². The molecule has 0 aliphatic heterocycles. The first-order valence-corrected chi connectivity index (χ1v) is 6.45. The first kappa shape index (κ1) is 14.5. The number of aryl methyl sites for hydroxylation is 1. The standard InChI is InChI=1S/C15H23N3/c1-5-17-15(3,12-16)9-10-18(4)14-8-6-7-13(2)11-14/h6-8,11,17H,5,9-10H2,1-4H3. The zero-order valence-electron chi connectivity index (χ0n) is 11.8. The molecule has 0 aromatic heterocycles. The first-order valence-electron chi connectivity index (χ1n) is 6.45. The number of rotatable bonds is 6. The Morgan fingerprint density at radius 1 is 1.44 bits per heavy atom. The van der Waals surface area contributed by atoms with E-state index in [0.717, 1.165) is 19.5 Å². The Labute approximate surface area is 110 Å². The Balaban J connectivity index is 2.61. The Morgan fingerprint density at radius 2 is 2.17 bits per heavy atom. The van der Waals surface area contributed by atoms with Crippen molar-refractivity contribution in [2.24, 2.45) is 0 Å². The Kier molecular flexibility index (Phi) is 5.18. The van der Waals surface area contributed by atoms with Crippen LogP contribution in [0.3, 0.4) is 0 Å². The van der Waals surface area contributed by atoms with Crippen molar-refractivity contribution >= 4 is 5.69 Å². The van der Waals surface area contributed by atoms with Crippen molar-refractivity contribution in [1.82, 2.24) is 5.32 Å². The highest BCUT2D eigenvalue weighted by atomic mass is 15.1. The molecule has 1 N–H and O–H groups in total. The molecule has 0 heterocycles. The predicted molar refractivity (Wildman–Crippen MR) is 76.8 cm³/mol. The normalized spacial score (nSPS) is 13.7. The second-order valence-corrected chi connectivity index (χ2v) is 4.98. The van der Waals surface area contributed by atoms with Crippen LogP contribution >= 0.6 is 0 Å². The van der Waals surface area contributed by atoms with E-state index in [4.69, 9.17) is 0 Å². The summed E-state index contributed by atoms with van der Waals surface area (Å²) in [4.78, 5) is 2.19. The third kappa shape index (κ3) is 4.05. The van der Waals surface area contributed by atoms with E-state index in [0.29, 0.717) is 0 Å². The van der Waals surface area contributed by atoms with Gasteiger partial charge in [0.15, 0.2) is 0 Å². The molecule has 98 valence electrons. The molecule has 0 saturated carbocycles. The topological polar surface area (TPSA) is 39.1 Å². The molecule has 3 heteroatoms. The molecular weight excluding hydrogens is 222 g/mol. The summed E-state index contributed by atoms with van der Waals surface area (Å²) in [6, 6.07) is 10.8. The average molecular weight is 245 g/mol. The summed E-state index contributed by atoms with van der Waals surface area (Å²) in [7, 11) is 2.07. The fourth-order valence-corrected chi connectivity index (χ4v) is 1.96. The summed E-state index contributed by atoms with van der Waals surface area (Å²) in [6.07, 6.45) is 0.807. The predicted octanol–water partition coefficient (Wildman–Crippen LogP) is 2.71. The molecule has 1 rings (SSSR count). The smallest absolute Gasteiger partial charge is 0.105 e. The molecule has 1 aromatic carbocycles. The van der Waals surface area contributed by atoms with Crippen molar-refractivity contribution < 1.29 is 0 Å². The minimum absolute atomic E-state index is 0.438. The van der Waals surface area contributed by atoms with Crippen molar-refractivity contribution in [2.75, 3.05) is 25.0 Å². The van der Waals surface area contributed by atoms with Gasteiger partial charge in [-0.2, -0.15) is 5.26 Å². The molecule has 3 nitrogen and oxygen atoms in total. The molecule has 1 unspecified atom stereocenters. The zero-order chi connectivity index (χ0) is 13.6. The molecule has 0 radical (unpaired) electrons. The van der Waals surface area contributed by atoms with Crippen molar-refractivity contribution in [3.8, 4) is 6.07 Å². The van der Waals surface area contributed by atoms with Crippen molar-refractivity contribution in [3.05, 3.63) is 29.8 Å². The van der Waals surface area contributed by atoms with Gasteiger partial charge in [-0.1, -0.05) is 19.1 Å². The van der Waals surface area contributed by atoms with E-state index in [1.54, 1.807) is 0 Å². The molecule has 0 aliphatic carbocycles. The fraction of sp³-hybridized carbons (Fsp3) is 0.533. The second-order valence-electron chi connectivity index (χ2n) is 4.98. The maximum absolute atomic E-state index is 9.21. The zero-order valence-corrected chi connectivity index (χ0v) is 11.8. The molecule has 1 aromatic rings. The third-order valence-electron chi connectivity index (χ3n) is 3.20. The summed E-state index contributed by atoms with van der Waals surface area (Å²) in [5, 5.41) is 12.5. The maximum Gasteiger partial charge on any atom is 0.105 e. The van der Waals surface area contributed by atoms with Crippen LogP contribution in [0.1, 0.15) is 25.8 Å². The largest absolute Gasteiger partial charge is 0.374 e. The van der Waals surface area contributed by atoms with Gasteiger partial charge in [-0.3, -0.25) is 5.32 Å². The van der Waals surface area contributed by atoms with Crippen LogP contribution in [0.2, 0.25) is 0 Å². The molecular formula is C15H23N3. The molecule has 0 spiro atoms. The van der Waals surface area contributed by atoms with Crippen molar-refractivity contribution in [2.45, 2.75) is 32.7 Å². The van der Waals surface area contributed by atoms with Crippen LogP contribution in [0.15, 0.2) is 24.3 Å². The molecule has 0 amide bonds.